The minimum Gasteiger partial charge on any atom is -0.366 e. The van der Waals surface area contributed by atoms with Gasteiger partial charge in [0.2, 0.25) is 0 Å². The van der Waals surface area contributed by atoms with Gasteiger partial charge in [0.15, 0.2) is 0 Å². The summed E-state index contributed by atoms with van der Waals surface area (Å²) in [5, 5.41) is 4.17. The highest BCUT2D eigenvalue weighted by Crippen LogP contribution is 2.39. The topological polar surface area (TPSA) is 37.8 Å². The molecule has 2 fully saturated rings. The summed E-state index contributed by atoms with van der Waals surface area (Å²) in [6.45, 7) is 2.00. The molecule has 3 nitrogen and oxygen atoms in total. The molecule has 1 N–H and O–H groups in total. The first-order valence-corrected chi connectivity index (χ1v) is 8.15. The Morgan fingerprint density at radius 2 is 2.11 bits per heavy atom. The van der Waals surface area contributed by atoms with Crippen molar-refractivity contribution in [3.63, 3.8) is 0 Å². The molecule has 1 aliphatic heterocycles. The molecule has 1 saturated carbocycles. The van der Waals surface area contributed by atoms with Crippen molar-refractivity contribution in [2.24, 2.45) is 0 Å². The van der Waals surface area contributed by atoms with E-state index in [0.717, 1.165) is 17.2 Å². The van der Waals surface area contributed by atoms with Crippen LogP contribution in [0.2, 0.25) is 5.15 Å². The van der Waals surface area contributed by atoms with Gasteiger partial charge in [0.1, 0.15) is 16.8 Å². The molecule has 98 valence electrons. The Morgan fingerprint density at radius 1 is 1.28 bits per heavy atom. The minimum absolute atomic E-state index is 0.528. The first kappa shape index (κ1) is 12.5. The number of anilines is 1. The van der Waals surface area contributed by atoms with Gasteiger partial charge in [0.25, 0.3) is 0 Å². The number of halogens is 1. The van der Waals surface area contributed by atoms with Crippen LogP contribution in [0.25, 0.3) is 0 Å². The SMILES string of the molecule is Cc1c(Cl)nc(C2CC2)nc1NC1CCCSC1. The maximum absolute atomic E-state index is 6.21. The Bertz CT molecular complexity index is 442. The molecule has 0 amide bonds. The van der Waals surface area contributed by atoms with Gasteiger partial charge < -0.3 is 5.32 Å². The van der Waals surface area contributed by atoms with E-state index < -0.39 is 0 Å². The number of hydrogen-bond donors (Lipinski definition) is 1. The lowest BCUT2D eigenvalue weighted by molar-refractivity contribution is 0.680. The molecule has 1 unspecified atom stereocenters. The number of nitrogens with zero attached hydrogens (tertiary/aromatic N) is 2. The van der Waals surface area contributed by atoms with Crippen molar-refractivity contribution >= 4 is 29.2 Å². The van der Waals surface area contributed by atoms with Gasteiger partial charge in [0.05, 0.1) is 0 Å². The molecule has 1 atom stereocenters. The summed E-state index contributed by atoms with van der Waals surface area (Å²) in [4.78, 5) is 9.07. The van der Waals surface area contributed by atoms with E-state index in [-0.39, 0.29) is 0 Å². The molecule has 0 spiro atoms. The van der Waals surface area contributed by atoms with Crippen molar-refractivity contribution in [3.05, 3.63) is 16.5 Å². The molecule has 0 radical (unpaired) electrons. The van der Waals surface area contributed by atoms with Gasteiger partial charge in [-0.25, -0.2) is 9.97 Å². The van der Waals surface area contributed by atoms with Gasteiger partial charge in [-0.05, 0) is 38.4 Å². The van der Waals surface area contributed by atoms with E-state index in [0.29, 0.717) is 17.1 Å². The van der Waals surface area contributed by atoms with Crippen LogP contribution in [0.5, 0.6) is 0 Å². The fourth-order valence-electron chi connectivity index (χ4n) is 2.22. The molecular weight excluding hydrogens is 266 g/mol. The molecule has 5 heteroatoms. The third kappa shape index (κ3) is 2.75. The first-order chi connectivity index (χ1) is 8.74. The second kappa shape index (κ2) is 5.25. The van der Waals surface area contributed by atoms with Gasteiger partial charge in [-0.3, -0.25) is 0 Å². The maximum Gasteiger partial charge on any atom is 0.137 e. The second-order valence-corrected chi connectivity index (χ2v) is 6.69. The van der Waals surface area contributed by atoms with Crippen molar-refractivity contribution in [1.82, 2.24) is 9.97 Å². The van der Waals surface area contributed by atoms with Crippen LogP contribution < -0.4 is 5.32 Å². The van der Waals surface area contributed by atoms with E-state index in [1.54, 1.807) is 0 Å². The van der Waals surface area contributed by atoms with E-state index in [1.165, 1.54) is 37.2 Å². The van der Waals surface area contributed by atoms with Gasteiger partial charge in [-0.15, -0.1) is 0 Å². The van der Waals surface area contributed by atoms with Gasteiger partial charge >= 0.3 is 0 Å². The normalized spacial score (nSPS) is 24.0. The van der Waals surface area contributed by atoms with Crippen molar-refractivity contribution < 1.29 is 0 Å². The molecular formula is C13H18ClN3S. The van der Waals surface area contributed by atoms with Gasteiger partial charge in [-0.2, -0.15) is 11.8 Å². The third-order valence-corrected chi connectivity index (χ3v) is 5.13. The summed E-state index contributed by atoms with van der Waals surface area (Å²) in [7, 11) is 0. The zero-order chi connectivity index (χ0) is 12.5. The molecule has 3 rings (SSSR count). The maximum atomic E-state index is 6.21. The molecule has 1 saturated heterocycles. The average Bonchev–Trinajstić information content (AvgIpc) is 3.20. The summed E-state index contributed by atoms with van der Waals surface area (Å²) in [5.74, 6) is 4.87. The zero-order valence-corrected chi connectivity index (χ0v) is 12.2. The standard InChI is InChI=1S/C13H18ClN3S/c1-8-11(14)16-13(9-4-5-9)17-12(8)15-10-3-2-6-18-7-10/h9-10H,2-7H2,1H3,(H,15,16,17). The van der Waals surface area contributed by atoms with Crippen molar-refractivity contribution in [2.45, 2.75) is 44.6 Å². The summed E-state index contributed by atoms with van der Waals surface area (Å²) in [5.41, 5.74) is 0.983. The molecule has 0 aromatic carbocycles. The Morgan fingerprint density at radius 3 is 2.78 bits per heavy atom. The zero-order valence-electron chi connectivity index (χ0n) is 10.6. The number of rotatable bonds is 3. The van der Waals surface area contributed by atoms with Crippen molar-refractivity contribution in [1.29, 1.82) is 0 Å². The van der Waals surface area contributed by atoms with Crippen LogP contribution in [0.15, 0.2) is 0 Å². The van der Waals surface area contributed by atoms with E-state index >= 15 is 0 Å². The Kier molecular flexibility index (Phi) is 3.66. The highest BCUT2D eigenvalue weighted by molar-refractivity contribution is 7.99. The molecule has 1 aromatic heterocycles. The van der Waals surface area contributed by atoms with Crippen LogP contribution in [0.1, 0.15) is 43.0 Å². The largest absolute Gasteiger partial charge is 0.366 e. The van der Waals surface area contributed by atoms with E-state index in [4.69, 9.17) is 11.6 Å². The van der Waals surface area contributed by atoms with Crippen LogP contribution in [0, 0.1) is 6.92 Å². The molecule has 0 bridgehead atoms. The summed E-state index contributed by atoms with van der Waals surface area (Å²) < 4.78 is 0. The lowest BCUT2D eigenvalue weighted by Gasteiger charge is -2.24. The number of aromatic nitrogens is 2. The smallest absolute Gasteiger partial charge is 0.137 e. The molecule has 2 heterocycles. The highest BCUT2D eigenvalue weighted by Gasteiger charge is 2.28. The molecule has 1 aliphatic carbocycles. The number of thioether (sulfide) groups is 1. The fraction of sp³-hybridized carbons (Fsp3) is 0.692. The molecule has 1 aromatic rings. The van der Waals surface area contributed by atoms with E-state index in [2.05, 4.69) is 15.3 Å². The first-order valence-electron chi connectivity index (χ1n) is 6.62. The Balaban J connectivity index is 1.80. The average molecular weight is 284 g/mol. The summed E-state index contributed by atoms with van der Waals surface area (Å²) >= 11 is 8.23. The Hall–Kier alpha value is -0.480. The predicted octanol–water partition coefficient (Wildman–Crippen LogP) is 3.62. The van der Waals surface area contributed by atoms with Crippen LogP contribution in [-0.2, 0) is 0 Å². The van der Waals surface area contributed by atoms with E-state index in [1.807, 2.05) is 18.7 Å². The summed E-state index contributed by atoms with van der Waals surface area (Å²) in [6, 6.07) is 0.528. The lowest BCUT2D eigenvalue weighted by atomic mass is 10.2. The lowest BCUT2D eigenvalue weighted by Crippen LogP contribution is -2.27. The number of hydrogen-bond acceptors (Lipinski definition) is 4. The van der Waals surface area contributed by atoms with Crippen molar-refractivity contribution in [2.75, 3.05) is 16.8 Å². The van der Waals surface area contributed by atoms with Crippen molar-refractivity contribution in [3.8, 4) is 0 Å². The van der Waals surface area contributed by atoms with Gasteiger partial charge in [-0.1, -0.05) is 11.6 Å². The Labute approximate surface area is 117 Å². The quantitative estimate of drug-likeness (QED) is 0.860. The highest BCUT2D eigenvalue weighted by atomic mass is 35.5. The van der Waals surface area contributed by atoms with Crippen LogP contribution >= 0.6 is 23.4 Å². The monoisotopic (exact) mass is 283 g/mol. The molecule has 2 aliphatic rings. The van der Waals surface area contributed by atoms with Gasteiger partial charge in [0, 0.05) is 23.3 Å². The fourth-order valence-corrected chi connectivity index (χ4v) is 3.47. The minimum atomic E-state index is 0.528. The predicted molar refractivity (Wildman–Crippen MR) is 77.7 cm³/mol. The molecule has 18 heavy (non-hydrogen) atoms. The third-order valence-electron chi connectivity index (χ3n) is 3.55. The number of nitrogens with one attached hydrogen (secondary N) is 1. The van der Waals surface area contributed by atoms with Crippen LogP contribution in [-0.4, -0.2) is 27.5 Å². The van der Waals surface area contributed by atoms with Crippen LogP contribution in [0.3, 0.4) is 0 Å². The second-order valence-electron chi connectivity index (χ2n) is 5.18. The van der Waals surface area contributed by atoms with E-state index in [9.17, 15) is 0 Å². The van der Waals surface area contributed by atoms with Crippen LogP contribution in [0.4, 0.5) is 5.82 Å². The summed E-state index contributed by atoms with van der Waals surface area (Å²) in [6.07, 6.45) is 4.93.